The number of rotatable bonds is 41. The first-order chi connectivity index (χ1) is 34.0. The highest BCUT2D eigenvalue weighted by atomic mass is 16.6. The number of esters is 4. The standard InChI is InChI=1S/C46H74N8O18/c1-7-35(55)24-45(65,43(63)53-47)25-36(56)28-50-32(3)9-13-40(60)71-22-18-68-19-23-72-42(62)15-11-34(5)52-30-38(58)27-46(66,44(64)54-48)26-37(57)29-51-33(4)10-14-41(61)70-21-17-67-16-20-69-39(59)12-8-31(2)49-6/h65-66H,7-30,47-48H2,1-6H3,(H,53,63)(H,54,64). The number of Topliss-reactive ketones (excluding diaryl/α,β-unsaturated/α-hetero) is 4. The molecule has 2 atom stereocenters. The molecule has 0 aromatic carbocycles. The highest BCUT2D eigenvalue weighted by molar-refractivity contribution is 5.99. The van der Waals surface area contributed by atoms with Gasteiger partial charge in [-0.1, -0.05) is 6.92 Å². The van der Waals surface area contributed by atoms with Crippen LogP contribution in [0.4, 0.5) is 0 Å². The van der Waals surface area contributed by atoms with E-state index >= 15 is 0 Å². The van der Waals surface area contributed by atoms with Gasteiger partial charge in [-0.3, -0.25) is 78.8 Å². The Hall–Kier alpha value is -6.06. The Labute approximate surface area is 418 Å². The van der Waals surface area contributed by atoms with Crippen LogP contribution in [0.1, 0.15) is 118 Å². The maximum atomic E-state index is 12.7. The second-order valence-electron chi connectivity index (χ2n) is 16.4. The van der Waals surface area contributed by atoms with Gasteiger partial charge < -0.3 is 38.6 Å². The molecule has 0 aromatic rings. The molecule has 0 rings (SSSR count). The molecule has 0 spiro atoms. The molecule has 0 bridgehead atoms. The fraction of sp³-hybridized carbons (Fsp3) is 0.696. The largest absolute Gasteiger partial charge is 0.463 e. The van der Waals surface area contributed by atoms with Crippen LogP contribution in [-0.2, 0) is 76.4 Å². The first kappa shape index (κ1) is 65.9. The Bertz CT molecular complexity index is 1950. The van der Waals surface area contributed by atoms with Crippen molar-refractivity contribution in [2.75, 3.05) is 79.5 Å². The van der Waals surface area contributed by atoms with Crippen molar-refractivity contribution in [3.05, 3.63) is 0 Å². The number of nitrogens with one attached hydrogen (secondary N) is 2. The van der Waals surface area contributed by atoms with Gasteiger partial charge in [0.05, 0.1) is 71.7 Å². The molecule has 26 heteroatoms. The Morgan fingerprint density at radius 2 is 0.694 bits per heavy atom. The molecule has 406 valence electrons. The number of carbonyl (C=O) groups is 10. The van der Waals surface area contributed by atoms with Gasteiger partial charge in [0, 0.05) is 62.0 Å². The molecule has 0 saturated heterocycles. The first-order valence-electron chi connectivity index (χ1n) is 23.3. The zero-order valence-corrected chi connectivity index (χ0v) is 42.3. The van der Waals surface area contributed by atoms with Gasteiger partial charge in [-0.15, -0.1) is 0 Å². The van der Waals surface area contributed by atoms with Crippen LogP contribution in [0.2, 0.25) is 0 Å². The Morgan fingerprint density at radius 1 is 0.431 bits per heavy atom. The van der Waals surface area contributed by atoms with Gasteiger partial charge in [0.15, 0.2) is 28.6 Å². The van der Waals surface area contributed by atoms with Crippen LogP contribution in [0.15, 0.2) is 20.0 Å². The summed E-state index contributed by atoms with van der Waals surface area (Å²) in [5, 5.41) is 21.5. The zero-order chi connectivity index (χ0) is 54.5. The number of amides is 2. The summed E-state index contributed by atoms with van der Waals surface area (Å²) in [6.07, 6.45) is -1.82. The minimum atomic E-state index is -2.50. The SMILES string of the molecule is CCC(=O)CC(O)(CC(=O)CN=C(C)CCC(=O)OCCOCCOC(=O)CCC(C)=NCC(=O)CC(O)(CC(=O)CN=C(C)CCC(=O)OCCOCCOC(=O)CCC(C)=NC)C(=O)NN)C(=O)NN. The molecule has 0 aliphatic carbocycles. The Balaban J connectivity index is 4.48. The van der Waals surface area contributed by atoms with Crippen LogP contribution in [0, 0.1) is 0 Å². The van der Waals surface area contributed by atoms with E-state index in [1.165, 1.54) is 0 Å². The van der Waals surface area contributed by atoms with E-state index in [4.69, 9.17) is 40.1 Å². The number of nitrogens with two attached hydrogens (primary N) is 2. The van der Waals surface area contributed by atoms with Gasteiger partial charge in [0.1, 0.15) is 32.2 Å². The number of nitrogens with zero attached hydrogens (tertiary/aromatic N) is 4. The van der Waals surface area contributed by atoms with Crippen LogP contribution in [0.5, 0.6) is 0 Å². The van der Waals surface area contributed by atoms with Crippen molar-refractivity contribution in [1.82, 2.24) is 10.9 Å². The minimum absolute atomic E-state index is 0.00182. The molecule has 72 heavy (non-hydrogen) atoms. The summed E-state index contributed by atoms with van der Waals surface area (Å²) in [7, 11) is 1.65. The van der Waals surface area contributed by atoms with Crippen LogP contribution in [0.3, 0.4) is 0 Å². The molecule has 26 nitrogen and oxygen atoms in total. The van der Waals surface area contributed by atoms with Crippen molar-refractivity contribution in [2.45, 2.75) is 129 Å². The van der Waals surface area contributed by atoms with Crippen molar-refractivity contribution in [3.8, 4) is 0 Å². The van der Waals surface area contributed by atoms with Crippen molar-refractivity contribution < 1.29 is 86.6 Å². The maximum absolute atomic E-state index is 12.7. The van der Waals surface area contributed by atoms with Crippen LogP contribution in [0.25, 0.3) is 0 Å². The first-order valence-corrected chi connectivity index (χ1v) is 23.3. The molecular formula is C46H74N8O18. The molecule has 0 fully saturated rings. The minimum Gasteiger partial charge on any atom is -0.463 e. The lowest BCUT2D eigenvalue weighted by atomic mass is 9.89. The maximum Gasteiger partial charge on any atom is 0.306 e. The Kier molecular flexibility index (Phi) is 34.5. The van der Waals surface area contributed by atoms with E-state index in [9.17, 15) is 58.2 Å². The van der Waals surface area contributed by atoms with Crippen molar-refractivity contribution >= 4 is 81.7 Å². The van der Waals surface area contributed by atoms with E-state index in [1.54, 1.807) is 45.6 Å². The highest BCUT2D eigenvalue weighted by Gasteiger charge is 2.40. The smallest absolute Gasteiger partial charge is 0.306 e. The molecule has 0 saturated carbocycles. The summed E-state index contributed by atoms with van der Waals surface area (Å²) in [5.74, 6) is 3.57. The Morgan fingerprint density at radius 3 is 0.944 bits per heavy atom. The number of hydrazine groups is 2. The number of hydrogen-bond acceptors (Lipinski definition) is 24. The number of hydrogen-bond donors (Lipinski definition) is 6. The average molecular weight is 1030 g/mol. The molecular weight excluding hydrogens is 953 g/mol. The fourth-order valence-electron chi connectivity index (χ4n) is 5.81. The number of ketones is 4. The van der Waals surface area contributed by atoms with Crippen LogP contribution < -0.4 is 22.5 Å². The van der Waals surface area contributed by atoms with Crippen molar-refractivity contribution in [3.63, 3.8) is 0 Å². The molecule has 0 heterocycles. The van der Waals surface area contributed by atoms with E-state index in [0.29, 0.717) is 23.6 Å². The lowest BCUT2D eigenvalue weighted by Gasteiger charge is -2.24. The predicted octanol–water partition coefficient (Wildman–Crippen LogP) is -0.525. The summed E-state index contributed by atoms with van der Waals surface area (Å²) in [4.78, 5) is 138. The summed E-state index contributed by atoms with van der Waals surface area (Å²) in [5.41, 5.74) is 0.800. The molecule has 0 aliphatic heterocycles. The monoisotopic (exact) mass is 1030 g/mol. The quantitative estimate of drug-likeness (QED) is 0.00853. The van der Waals surface area contributed by atoms with Gasteiger partial charge in [0.2, 0.25) is 0 Å². The molecule has 0 aliphatic rings. The number of ether oxygens (including phenoxy) is 6. The summed E-state index contributed by atoms with van der Waals surface area (Å²) in [6.45, 7) is 6.83. The van der Waals surface area contributed by atoms with Crippen LogP contribution >= 0.6 is 0 Å². The average Bonchev–Trinajstić information content (AvgIpc) is 3.34. The second kappa shape index (κ2) is 37.7. The predicted molar refractivity (Wildman–Crippen MR) is 259 cm³/mol. The second-order valence-corrected chi connectivity index (χ2v) is 16.4. The molecule has 2 amide bonds. The van der Waals surface area contributed by atoms with Crippen LogP contribution in [-0.4, -0.2) is 183 Å². The van der Waals surface area contributed by atoms with Crippen molar-refractivity contribution in [2.24, 2.45) is 31.7 Å². The van der Waals surface area contributed by atoms with E-state index in [0.717, 1.165) is 5.71 Å². The lowest BCUT2D eigenvalue weighted by molar-refractivity contribution is -0.148. The van der Waals surface area contributed by atoms with Gasteiger partial charge in [-0.2, -0.15) is 0 Å². The molecule has 0 radical (unpaired) electrons. The summed E-state index contributed by atoms with van der Waals surface area (Å²) >= 11 is 0. The third kappa shape index (κ3) is 32.0. The van der Waals surface area contributed by atoms with Crippen molar-refractivity contribution in [1.29, 1.82) is 0 Å². The third-order valence-electron chi connectivity index (χ3n) is 10.1. The number of aliphatic hydroxyl groups is 2. The molecule has 2 unspecified atom stereocenters. The van der Waals surface area contributed by atoms with E-state index in [1.807, 2.05) is 6.92 Å². The molecule has 8 N–H and O–H groups in total. The summed E-state index contributed by atoms with van der Waals surface area (Å²) in [6, 6.07) is 0. The normalized spacial score (nSPS) is 13.8. The number of carbonyl (C=O) groups excluding carboxylic acids is 10. The topological polar surface area (TPSA) is 392 Å². The van der Waals surface area contributed by atoms with E-state index in [-0.39, 0.29) is 110 Å². The van der Waals surface area contributed by atoms with E-state index < -0.39 is 109 Å². The fourth-order valence-corrected chi connectivity index (χ4v) is 5.81. The van der Waals surface area contributed by atoms with Gasteiger partial charge in [-0.05, 0) is 53.4 Å². The van der Waals surface area contributed by atoms with Gasteiger partial charge in [0.25, 0.3) is 11.8 Å². The van der Waals surface area contributed by atoms with Gasteiger partial charge in [-0.25, -0.2) is 11.7 Å². The number of aliphatic imine (C=N–C) groups is 4. The zero-order valence-electron chi connectivity index (χ0n) is 42.3. The van der Waals surface area contributed by atoms with Gasteiger partial charge >= 0.3 is 23.9 Å². The third-order valence-corrected chi connectivity index (χ3v) is 10.1. The highest BCUT2D eigenvalue weighted by Crippen LogP contribution is 2.19. The molecule has 0 aromatic heterocycles. The lowest BCUT2D eigenvalue weighted by Crippen LogP contribution is -2.52. The summed E-state index contributed by atoms with van der Waals surface area (Å²) < 4.78 is 30.9. The van der Waals surface area contributed by atoms with E-state index in [2.05, 4.69) is 20.0 Å².